The second-order valence-electron chi connectivity index (χ2n) is 9.53. The van der Waals surface area contributed by atoms with Crippen LogP contribution in [0, 0.1) is 5.92 Å². The average Bonchev–Trinajstić information content (AvgIpc) is 3.39. The molecule has 2 fully saturated rings. The SMILES string of the molecule is COc1cccc(-c2nc(CO[C@@H]3CCC[C@H](CCC4SC(=O)N(C)C4=O)C3)c(C(C)C)o2)c1. The molecular weight excluding hydrogens is 452 g/mol. The van der Waals surface area contributed by atoms with Crippen LogP contribution in [-0.4, -0.2) is 46.5 Å². The van der Waals surface area contributed by atoms with Crippen LogP contribution in [0.25, 0.3) is 11.5 Å². The summed E-state index contributed by atoms with van der Waals surface area (Å²) in [4.78, 5) is 29.9. The summed E-state index contributed by atoms with van der Waals surface area (Å²) in [5.41, 5.74) is 1.73. The summed E-state index contributed by atoms with van der Waals surface area (Å²) in [5.74, 6) is 2.87. The van der Waals surface area contributed by atoms with Gasteiger partial charge in [0.1, 0.15) is 17.2 Å². The van der Waals surface area contributed by atoms with Crippen molar-refractivity contribution in [1.29, 1.82) is 0 Å². The number of oxazole rings is 1. The maximum Gasteiger partial charge on any atom is 0.288 e. The van der Waals surface area contributed by atoms with Gasteiger partial charge in [-0.05, 0) is 49.8 Å². The van der Waals surface area contributed by atoms with Crippen LogP contribution in [0.5, 0.6) is 5.75 Å². The van der Waals surface area contributed by atoms with E-state index in [2.05, 4.69) is 13.8 Å². The van der Waals surface area contributed by atoms with Crippen molar-refractivity contribution in [3.05, 3.63) is 35.7 Å². The molecule has 0 bridgehead atoms. The van der Waals surface area contributed by atoms with E-state index >= 15 is 0 Å². The highest BCUT2D eigenvalue weighted by atomic mass is 32.2. The maximum atomic E-state index is 12.2. The lowest BCUT2D eigenvalue weighted by Gasteiger charge is -2.29. The number of methoxy groups -OCH3 is 1. The Bertz CT molecular complexity index is 1020. The van der Waals surface area contributed by atoms with Gasteiger partial charge in [-0.25, -0.2) is 4.98 Å². The lowest BCUT2D eigenvalue weighted by atomic mass is 9.84. The van der Waals surface area contributed by atoms with Gasteiger partial charge in [0.05, 0.1) is 25.1 Å². The first-order valence-electron chi connectivity index (χ1n) is 12.1. The van der Waals surface area contributed by atoms with Crippen LogP contribution in [-0.2, 0) is 16.1 Å². The number of carbonyl (C=O) groups excluding carboxylic acids is 2. The van der Waals surface area contributed by atoms with E-state index in [0.29, 0.717) is 18.4 Å². The summed E-state index contributed by atoms with van der Waals surface area (Å²) in [5, 5.41) is -0.362. The van der Waals surface area contributed by atoms with Crippen LogP contribution in [0.4, 0.5) is 4.79 Å². The van der Waals surface area contributed by atoms with Gasteiger partial charge in [-0.15, -0.1) is 0 Å². The molecular formula is C26H34N2O5S. The van der Waals surface area contributed by atoms with Crippen molar-refractivity contribution < 1.29 is 23.5 Å². The van der Waals surface area contributed by atoms with E-state index in [-0.39, 0.29) is 28.4 Å². The maximum absolute atomic E-state index is 12.2. The molecule has 4 rings (SSSR count). The Morgan fingerprint density at radius 3 is 2.76 bits per heavy atom. The van der Waals surface area contributed by atoms with Crippen LogP contribution in [0.1, 0.15) is 69.7 Å². The van der Waals surface area contributed by atoms with E-state index in [0.717, 1.165) is 61.3 Å². The fourth-order valence-electron chi connectivity index (χ4n) is 4.78. The molecule has 0 spiro atoms. The molecule has 2 aliphatic rings. The van der Waals surface area contributed by atoms with Gasteiger partial charge in [0.15, 0.2) is 0 Å². The van der Waals surface area contributed by atoms with E-state index in [1.54, 1.807) is 14.2 Å². The first-order valence-corrected chi connectivity index (χ1v) is 13.0. The summed E-state index contributed by atoms with van der Waals surface area (Å²) < 4.78 is 17.8. The number of nitrogens with zero attached hydrogens (tertiary/aromatic N) is 2. The fourth-order valence-corrected chi connectivity index (χ4v) is 5.78. The first-order chi connectivity index (χ1) is 16.4. The highest BCUT2D eigenvalue weighted by Gasteiger charge is 2.37. The Labute approximate surface area is 205 Å². The zero-order chi connectivity index (χ0) is 24.2. The van der Waals surface area contributed by atoms with Crippen LogP contribution in [0.15, 0.2) is 28.7 Å². The number of hydrogen-bond acceptors (Lipinski definition) is 7. The van der Waals surface area contributed by atoms with Crippen molar-refractivity contribution in [2.24, 2.45) is 5.92 Å². The third kappa shape index (κ3) is 5.66. The largest absolute Gasteiger partial charge is 0.497 e. The number of benzene rings is 1. The minimum atomic E-state index is -0.224. The van der Waals surface area contributed by atoms with Gasteiger partial charge in [-0.2, -0.15) is 0 Å². The van der Waals surface area contributed by atoms with E-state index in [1.807, 2.05) is 24.3 Å². The van der Waals surface area contributed by atoms with Crippen LogP contribution < -0.4 is 4.74 Å². The molecule has 1 aliphatic carbocycles. The second kappa shape index (κ2) is 11.0. The van der Waals surface area contributed by atoms with Gasteiger partial charge in [0, 0.05) is 18.5 Å². The lowest BCUT2D eigenvalue weighted by molar-refractivity contribution is -0.125. The Kier molecular flexibility index (Phi) is 7.99. The normalized spacial score (nSPS) is 23.2. The molecule has 1 saturated heterocycles. The number of carbonyl (C=O) groups is 2. The molecule has 8 heteroatoms. The van der Waals surface area contributed by atoms with Gasteiger partial charge in [-0.1, -0.05) is 44.5 Å². The van der Waals surface area contributed by atoms with Crippen molar-refractivity contribution in [1.82, 2.24) is 9.88 Å². The summed E-state index contributed by atoms with van der Waals surface area (Å²) in [6, 6.07) is 7.71. The van der Waals surface area contributed by atoms with E-state index in [4.69, 9.17) is 18.9 Å². The monoisotopic (exact) mass is 486 g/mol. The zero-order valence-corrected chi connectivity index (χ0v) is 21.2. The molecule has 1 aromatic heterocycles. The average molecular weight is 487 g/mol. The lowest BCUT2D eigenvalue weighted by Crippen LogP contribution is -2.28. The smallest absolute Gasteiger partial charge is 0.288 e. The molecule has 2 heterocycles. The first kappa shape index (κ1) is 24.8. The third-order valence-electron chi connectivity index (χ3n) is 6.72. The van der Waals surface area contributed by atoms with Crippen molar-refractivity contribution in [3.63, 3.8) is 0 Å². The molecule has 1 saturated carbocycles. The Hall–Kier alpha value is -2.32. The number of thioether (sulfide) groups is 1. The third-order valence-corrected chi connectivity index (χ3v) is 7.92. The standard InChI is InChI=1S/C26H34N2O5S/c1-16(2)23-21(27-24(33-23)18-8-6-9-19(14-18)31-4)15-32-20-10-5-7-17(13-20)11-12-22-25(29)28(3)26(30)34-22/h6,8-9,14,16-17,20,22H,5,7,10-13,15H2,1-4H3/t17-,20-,22?/m1/s1. The molecule has 184 valence electrons. The molecule has 3 atom stereocenters. The summed E-state index contributed by atoms with van der Waals surface area (Å²) in [7, 11) is 3.21. The highest BCUT2D eigenvalue weighted by Crippen LogP contribution is 2.35. The fraction of sp³-hybridized carbons (Fsp3) is 0.577. The van der Waals surface area contributed by atoms with E-state index < -0.39 is 0 Å². The highest BCUT2D eigenvalue weighted by molar-refractivity contribution is 8.15. The van der Waals surface area contributed by atoms with E-state index in [9.17, 15) is 9.59 Å². The summed E-state index contributed by atoms with van der Waals surface area (Å²) in [6.45, 7) is 4.62. The molecule has 1 aliphatic heterocycles. The predicted octanol–water partition coefficient (Wildman–Crippen LogP) is 6.02. The molecule has 0 radical (unpaired) electrons. The second-order valence-corrected chi connectivity index (χ2v) is 10.7. The number of hydrogen-bond donors (Lipinski definition) is 0. The Balaban J connectivity index is 1.35. The number of aromatic nitrogens is 1. The minimum Gasteiger partial charge on any atom is -0.497 e. The molecule has 2 amide bonds. The Morgan fingerprint density at radius 2 is 2.06 bits per heavy atom. The van der Waals surface area contributed by atoms with Gasteiger partial charge in [0.2, 0.25) is 11.8 Å². The number of ether oxygens (including phenoxy) is 2. The topological polar surface area (TPSA) is 81.9 Å². The van der Waals surface area contributed by atoms with E-state index in [1.165, 1.54) is 16.7 Å². The molecule has 7 nitrogen and oxygen atoms in total. The van der Waals surface area contributed by atoms with Crippen molar-refractivity contribution >= 4 is 22.9 Å². The van der Waals surface area contributed by atoms with Gasteiger partial charge in [0.25, 0.3) is 5.24 Å². The van der Waals surface area contributed by atoms with Crippen LogP contribution >= 0.6 is 11.8 Å². The summed E-state index contributed by atoms with van der Waals surface area (Å²) in [6.07, 6.45) is 6.15. The molecule has 1 aromatic carbocycles. The molecule has 34 heavy (non-hydrogen) atoms. The van der Waals surface area contributed by atoms with Crippen molar-refractivity contribution in [2.75, 3.05) is 14.2 Å². The number of amides is 2. The van der Waals surface area contributed by atoms with Gasteiger partial charge in [-0.3, -0.25) is 14.5 Å². The van der Waals surface area contributed by atoms with Gasteiger partial charge >= 0.3 is 0 Å². The summed E-state index contributed by atoms with van der Waals surface area (Å²) >= 11 is 1.17. The molecule has 1 unspecified atom stereocenters. The molecule has 0 N–H and O–H groups in total. The van der Waals surface area contributed by atoms with Crippen molar-refractivity contribution in [2.45, 2.75) is 76.3 Å². The molecule has 2 aromatic rings. The minimum absolute atomic E-state index is 0.0577. The zero-order valence-electron chi connectivity index (χ0n) is 20.4. The number of imide groups is 1. The van der Waals surface area contributed by atoms with Crippen molar-refractivity contribution in [3.8, 4) is 17.2 Å². The van der Waals surface area contributed by atoms with Crippen LogP contribution in [0.3, 0.4) is 0 Å². The predicted molar refractivity (Wildman–Crippen MR) is 132 cm³/mol. The van der Waals surface area contributed by atoms with Crippen LogP contribution in [0.2, 0.25) is 0 Å². The number of rotatable bonds is 9. The van der Waals surface area contributed by atoms with Gasteiger partial charge < -0.3 is 13.9 Å². The quantitative estimate of drug-likeness (QED) is 0.428. The Morgan fingerprint density at radius 1 is 1.24 bits per heavy atom.